The Kier molecular flexibility index (Phi) is 2.76. The summed E-state index contributed by atoms with van der Waals surface area (Å²) in [5.41, 5.74) is 1.98. The minimum Gasteiger partial charge on any atom is -0.450 e. The van der Waals surface area contributed by atoms with E-state index in [4.69, 9.17) is 19.3 Å². The molecule has 0 amide bonds. The first-order chi connectivity index (χ1) is 10.7. The highest BCUT2D eigenvalue weighted by Crippen LogP contribution is 2.58. The normalized spacial score (nSPS) is 18.0. The van der Waals surface area contributed by atoms with Crippen LogP contribution in [0.2, 0.25) is 0 Å². The summed E-state index contributed by atoms with van der Waals surface area (Å²) in [5.74, 6) is 1.20. The van der Waals surface area contributed by atoms with Gasteiger partial charge in [0.15, 0.2) is 0 Å². The van der Waals surface area contributed by atoms with E-state index in [1.807, 2.05) is 48.5 Å². The molecule has 0 saturated heterocycles. The molecule has 0 atom stereocenters. The van der Waals surface area contributed by atoms with E-state index in [1.54, 1.807) is 0 Å². The smallest absolute Gasteiger partial charge is 0.450 e. The first-order valence-electron chi connectivity index (χ1n) is 7.11. The highest BCUT2D eigenvalue weighted by atomic mass is 16.9. The highest BCUT2D eigenvalue weighted by Gasteiger charge is 2.50. The fourth-order valence-electron chi connectivity index (χ4n) is 3.10. The zero-order valence-corrected chi connectivity index (χ0v) is 11.7. The first-order valence-corrected chi connectivity index (χ1v) is 7.11. The summed E-state index contributed by atoms with van der Waals surface area (Å²) < 4.78 is 16.0. The summed E-state index contributed by atoms with van der Waals surface area (Å²) in [6, 6.07) is 15.3. The third kappa shape index (κ3) is 1.97. The molecule has 0 unspecified atom stereocenters. The molecule has 0 aromatic heterocycles. The van der Waals surface area contributed by atoms with Crippen molar-refractivity contribution in [2.75, 3.05) is 0 Å². The van der Waals surface area contributed by atoms with Crippen LogP contribution in [0.3, 0.4) is 0 Å². The molecule has 1 N–H and O–H groups in total. The van der Waals surface area contributed by atoms with Crippen molar-refractivity contribution in [3.8, 4) is 11.5 Å². The summed E-state index contributed by atoms with van der Waals surface area (Å²) in [6.07, 6.45) is 0.581. The maximum atomic E-state index is 10.8. The fraction of sp³-hybridized carbons (Fsp3) is 0.235. The van der Waals surface area contributed by atoms with E-state index >= 15 is 0 Å². The van der Waals surface area contributed by atoms with E-state index in [1.165, 1.54) is 0 Å². The van der Waals surface area contributed by atoms with Gasteiger partial charge in [0.1, 0.15) is 11.5 Å². The maximum absolute atomic E-state index is 10.8. The Morgan fingerprint density at radius 2 is 1.50 bits per heavy atom. The SMILES string of the molecule is O=C(O)OC1Oc2ccccc2C2(CC2)c2ccccc2O1. The standard InChI is InChI=1S/C17H14O5/c18-15(19)22-16-20-13-7-3-1-5-11(13)17(9-10-17)12-6-2-4-8-14(12)21-16/h1-8,16H,9-10H2,(H,18,19). The molecule has 112 valence electrons. The van der Waals surface area contributed by atoms with Gasteiger partial charge in [-0.2, -0.15) is 0 Å². The van der Waals surface area contributed by atoms with Crippen LogP contribution in [0.25, 0.3) is 0 Å². The molecule has 2 aromatic rings. The topological polar surface area (TPSA) is 65.0 Å². The Morgan fingerprint density at radius 3 is 1.95 bits per heavy atom. The molecule has 1 fully saturated rings. The Balaban J connectivity index is 1.87. The molecular formula is C17H14O5. The second-order valence-electron chi connectivity index (χ2n) is 5.48. The maximum Gasteiger partial charge on any atom is 0.511 e. The molecule has 5 heteroatoms. The fourth-order valence-corrected chi connectivity index (χ4v) is 3.10. The zero-order chi connectivity index (χ0) is 15.2. The van der Waals surface area contributed by atoms with Crippen molar-refractivity contribution >= 4 is 6.16 Å². The van der Waals surface area contributed by atoms with Crippen LogP contribution in [-0.4, -0.2) is 17.7 Å². The molecular weight excluding hydrogens is 284 g/mol. The van der Waals surface area contributed by atoms with Gasteiger partial charge in [-0.15, -0.1) is 0 Å². The number of rotatable bonds is 1. The number of benzene rings is 2. The summed E-state index contributed by atoms with van der Waals surface area (Å²) in [5, 5.41) is 8.86. The number of para-hydroxylation sites is 2. The quantitative estimate of drug-likeness (QED) is 0.816. The van der Waals surface area contributed by atoms with Crippen molar-refractivity contribution in [3.63, 3.8) is 0 Å². The molecule has 1 spiro atoms. The average molecular weight is 298 g/mol. The van der Waals surface area contributed by atoms with Gasteiger partial charge in [-0.25, -0.2) is 4.79 Å². The molecule has 1 aliphatic carbocycles. The second kappa shape index (κ2) is 4.66. The summed E-state index contributed by atoms with van der Waals surface area (Å²) in [6.45, 7) is -1.32. The van der Waals surface area contributed by atoms with Crippen molar-refractivity contribution in [1.29, 1.82) is 0 Å². The lowest BCUT2D eigenvalue weighted by Crippen LogP contribution is -2.32. The number of hydrogen-bond donors (Lipinski definition) is 1. The van der Waals surface area contributed by atoms with Crippen LogP contribution in [0.1, 0.15) is 24.0 Å². The van der Waals surface area contributed by atoms with Crippen LogP contribution in [0.4, 0.5) is 4.79 Å². The van der Waals surface area contributed by atoms with E-state index in [0.29, 0.717) is 11.5 Å². The van der Waals surface area contributed by atoms with Crippen LogP contribution < -0.4 is 9.47 Å². The van der Waals surface area contributed by atoms with Crippen molar-refractivity contribution in [2.24, 2.45) is 0 Å². The van der Waals surface area contributed by atoms with Gasteiger partial charge in [-0.1, -0.05) is 36.4 Å². The van der Waals surface area contributed by atoms with Crippen LogP contribution in [0, 0.1) is 0 Å². The Morgan fingerprint density at radius 1 is 1.00 bits per heavy atom. The molecule has 1 saturated carbocycles. The van der Waals surface area contributed by atoms with Gasteiger partial charge in [-0.05, 0) is 25.0 Å². The lowest BCUT2D eigenvalue weighted by atomic mass is 9.86. The van der Waals surface area contributed by atoms with Gasteiger partial charge in [0.2, 0.25) is 0 Å². The van der Waals surface area contributed by atoms with Crippen LogP contribution in [0.15, 0.2) is 48.5 Å². The summed E-state index contributed by atoms with van der Waals surface area (Å²) in [7, 11) is 0. The monoisotopic (exact) mass is 298 g/mol. The molecule has 22 heavy (non-hydrogen) atoms. The Labute approximate surface area is 127 Å². The van der Waals surface area contributed by atoms with Gasteiger partial charge < -0.3 is 19.3 Å². The van der Waals surface area contributed by atoms with Crippen molar-refractivity contribution in [3.05, 3.63) is 59.7 Å². The van der Waals surface area contributed by atoms with E-state index in [-0.39, 0.29) is 5.41 Å². The highest BCUT2D eigenvalue weighted by molar-refractivity contribution is 5.58. The molecule has 2 aromatic carbocycles. The van der Waals surface area contributed by atoms with Crippen LogP contribution in [0.5, 0.6) is 11.5 Å². The predicted octanol–water partition coefficient (Wildman–Crippen LogP) is 3.52. The minimum absolute atomic E-state index is 0.110. The molecule has 2 aliphatic rings. The lowest BCUT2D eigenvalue weighted by Gasteiger charge is -2.29. The summed E-state index contributed by atoms with van der Waals surface area (Å²) in [4.78, 5) is 10.8. The zero-order valence-electron chi connectivity index (χ0n) is 11.7. The van der Waals surface area contributed by atoms with E-state index in [9.17, 15) is 4.79 Å². The second-order valence-corrected chi connectivity index (χ2v) is 5.48. The third-order valence-electron chi connectivity index (χ3n) is 4.20. The molecule has 1 heterocycles. The molecule has 0 bridgehead atoms. The van der Waals surface area contributed by atoms with Gasteiger partial charge in [0.05, 0.1) is 0 Å². The average Bonchev–Trinajstić information content (AvgIpc) is 3.28. The van der Waals surface area contributed by atoms with Crippen LogP contribution >= 0.6 is 0 Å². The summed E-state index contributed by atoms with van der Waals surface area (Å²) >= 11 is 0. The minimum atomic E-state index is -1.44. The van der Waals surface area contributed by atoms with Gasteiger partial charge in [0, 0.05) is 16.5 Å². The lowest BCUT2D eigenvalue weighted by molar-refractivity contribution is -0.173. The molecule has 0 radical (unpaired) electrons. The van der Waals surface area contributed by atoms with E-state index < -0.39 is 12.6 Å². The number of fused-ring (bicyclic) bond motifs is 4. The van der Waals surface area contributed by atoms with E-state index in [2.05, 4.69) is 0 Å². The molecule has 5 nitrogen and oxygen atoms in total. The van der Waals surface area contributed by atoms with Gasteiger partial charge >= 0.3 is 12.6 Å². The number of ether oxygens (including phenoxy) is 3. The predicted molar refractivity (Wildman–Crippen MR) is 77.1 cm³/mol. The Bertz CT molecular complexity index is 684. The van der Waals surface area contributed by atoms with E-state index in [0.717, 1.165) is 24.0 Å². The number of carboxylic acid groups (broad SMARTS) is 1. The first kappa shape index (κ1) is 13.0. The number of hydrogen-bond acceptors (Lipinski definition) is 4. The molecule has 4 rings (SSSR count). The van der Waals surface area contributed by atoms with Crippen molar-refractivity contribution in [1.82, 2.24) is 0 Å². The number of carbonyl (C=O) groups is 1. The van der Waals surface area contributed by atoms with Crippen molar-refractivity contribution < 1.29 is 24.1 Å². The van der Waals surface area contributed by atoms with Gasteiger partial charge in [0.25, 0.3) is 0 Å². The van der Waals surface area contributed by atoms with Crippen LogP contribution in [-0.2, 0) is 10.2 Å². The van der Waals surface area contributed by atoms with Crippen molar-refractivity contribution in [2.45, 2.75) is 24.7 Å². The largest absolute Gasteiger partial charge is 0.511 e. The Hall–Kier alpha value is -2.69. The van der Waals surface area contributed by atoms with Gasteiger partial charge in [-0.3, -0.25) is 0 Å². The molecule has 1 aliphatic heterocycles. The third-order valence-corrected chi connectivity index (χ3v) is 4.20.